The molecule has 0 bridgehead atoms. The molecule has 1 saturated carbocycles. The van der Waals surface area contributed by atoms with E-state index in [-0.39, 0.29) is 29.8 Å². The lowest BCUT2D eigenvalue weighted by atomic mass is 10.1. The maximum atomic E-state index is 14.0. The Balaban J connectivity index is 1.48. The maximum absolute atomic E-state index is 14.0. The second-order valence-electron chi connectivity index (χ2n) is 6.23. The predicted octanol–water partition coefficient (Wildman–Crippen LogP) is 2.74. The molecule has 1 saturated heterocycles. The van der Waals surface area contributed by atoms with Gasteiger partial charge in [0.2, 0.25) is 5.88 Å². The molecule has 4 rings (SSSR count). The highest BCUT2D eigenvalue weighted by Crippen LogP contribution is 2.55. The molecule has 1 aromatic heterocycles. The third kappa shape index (κ3) is 2.61. The van der Waals surface area contributed by atoms with Crippen LogP contribution in [0.1, 0.15) is 22.7 Å². The highest BCUT2D eigenvalue weighted by molar-refractivity contribution is 5.33. The van der Waals surface area contributed by atoms with Crippen molar-refractivity contribution in [1.29, 1.82) is 5.26 Å². The molecule has 1 aliphatic heterocycles. The van der Waals surface area contributed by atoms with Crippen LogP contribution in [0.4, 0.5) is 8.78 Å². The zero-order valence-electron chi connectivity index (χ0n) is 12.8. The molecule has 6 heteroatoms. The van der Waals surface area contributed by atoms with Gasteiger partial charge < -0.3 is 10.1 Å². The number of pyridine rings is 1. The van der Waals surface area contributed by atoms with Crippen LogP contribution in [-0.2, 0) is 6.61 Å². The van der Waals surface area contributed by atoms with Crippen molar-refractivity contribution in [1.82, 2.24) is 10.3 Å². The summed E-state index contributed by atoms with van der Waals surface area (Å²) >= 11 is 0. The Morgan fingerprint density at radius 3 is 2.67 bits per heavy atom. The molecular formula is C18H15F2N3O. The highest BCUT2D eigenvalue weighted by Gasteiger charge is 2.55. The van der Waals surface area contributed by atoms with Crippen LogP contribution >= 0.6 is 0 Å². The Morgan fingerprint density at radius 1 is 1.17 bits per heavy atom. The molecule has 2 atom stereocenters. The first kappa shape index (κ1) is 15.0. The first-order valence-corrected chi connectivity index (χ1v) is 7.86. The Bertz CT molecular complexity index is 823. The van der Waals surface area contributed by atoms with Crippen LogP contribution in [0.5, 0.6) is 5.88 Å². The number of hydrogen-bond donors (Lipinski definition) is 1. The fraction of sp³-hybridized carbons (Fsp3) is 0.333. The van der Waals surface area contributed by atoms with E-state index < -0.39 is 5.82 Å². The average Bonchev–Trinajstić information content (AvgIpc) is 3.05. The van der Waals surface area contributed by atoms with Gasteiger partial charge in [-0.05, 0) is 43.1 Å². The van der Waals surface area contributed by atoms with E-state index in [2.05, 4.69) is 10.3 Å². The predicted molar refractivity (Wildman–Crippen MR) is 82.2 cm³/mol. The normalized spacial score (nSPS) is 24.3. The molecule has 1 N–H and O–H groups in total. The highest BCUT2D eigenvalue weighted by atomic mass is 19.1. The number of rotatable bonds is 4. The van der Waals surface area contributed by atoms with Crippen molar-refractivity contribution in [3.8, 4) is 11.9 Å². The molecule has 1 aliphatic carbocycles. The lowest BCUT2D eigenvalue weighted by molar-refractivity contribution is 0.286. The van der Waals surface area contributed by atoms with Crippen LogP contribution in [0.2, 0.25) is 0 Å². The van der Waals surface area contributed by atoms with Gasteiger partial charge in [0.15, 0.2) is 0 Å². The van der Waals surface area contributed by atoms with Gasteiger partial charge in [0.1, 0.15) is 18.2 Å². The van der Waals surface area contributed by atoms with Gasteiger partial charge in [-0.3, -0.25) is 0 Å². The van der Waals surface area contributed by atoms with E-state index in [1.807, 2.05) is 6.07 Å². The number of ether oxygens (including phenoxy) is 1. The van der Waals surface area contributed by atoms with Gasteiger partial charge in [0, 0.05) is 17.5 Å². The number of benzene rings is 1. The van der Waals surface area contributed by atoms with Crippen LogP contribution < -0.4 is 10.1 Å². The summed E-state index contributed by atoms with van der Waals surface area (Å²) in [5.74, 6) is 0.538. The van der Waals surface area contributed by atoms with Crippen molar-refractivity contribution in [2.75, 3.05) is 13.1 Å². The molecule has 0 amide bonds. The van der Waals surface area contributed by atoms with Crippen LogP contribution in [0.3, 0.4) is 0 Å². The molecule has 2 aromatic rings. The van der Waals surface area contributed by atoms with E-state index in [4.69, 9.17) is 10.00 Å². The van der Waals surface area contributed by atoms with E-state index >= 15 is 0 Å². The van der Waals surface area contributed by atoms with Crippen molar-refractivity contribution in [3.05, 3.63) is 58.8 Å². The Labute approximate surface area is 138 Å². The number of halogens is 2. The fourth-order valence-corrected chi connectivity index (χ4v) is 3.46. The van der Waals surface area contributed by atoms with Crippen LogP contribution in [0, 0.1) is 34.8 Å². The van der Waals surface area contributed by atoms with Crippen molar-refractivity contribution in [2.45, 2.75) is 12.5 Å². The number of nitriles is 1. The summed E-state index contributed by atoms with van der Waals surface area (Å²) in [6, 6.07) is 8.90. The quantitative estimate of drug-likeness (QED) is 0.938. The lowest BCUT2D eigenvalue weighted by Gasteiger charge is -2.10. The largest absolute Gasteiger partial charge is 0.473 e. The first-order valence-electron chi connectivity index (χ1n) is 7.86. The van der Waals surface area contributed by atoms with E-state index in [1.54, 1.807) is 0 Å². The Morgan fingerprint density at radius 2 is 1.96 bits per heavy atom. The number of nitrogens with zero attached hydrogens (tertiary/aromatic N) is 2. The Kier molecular flexibility index (Phi) is 3.66. The first-order chi connectivity index (χ1) is 11.7. The van der Waals surface area contributed by atoms with Gasteiger partial charge in [0.25, 0.3) is 0 Å². The topological polar surface area (TPSA) is 57.9 Å². The van der Waals surface area contributed by atoms with Crippen molar-refractivity contribution >= 4 is 0 Å². The number of hydrogen-bond acceptors (Lipinski definition) is 4. The van der Waals surface area contributed by atoms with Gasteiger partial charge in [-0.15, -0.1) is 0 Å². The summed E-state index contributed by atoms with van der Waals surface area (Å²) in [5, 5.41) is 12.0. The summed E-state index contributed by atoms with van der Waals surface area (Å²) in [6.07, 6.45) is 0. The minimum absolute atomic E-state index is 0.0192. The molecule has 0 radical (unpaired) electrons. The summed E-state index contributed by atoms with van der Waals surface area (Å²) in [5.41, 5.74) is 1.03. The molecule has 2 fully saturated rings. The monoisotopic (exact) mass is 327 g/mol. The summed E-state index contributed by atoms with van der Waals surface area (Å²) in [6.45, 7) is 1.78. The molecule has 24 heavy (non-hydrogen) atoms. The van der Waals surface area contributed by atoms with Crippen LogP contribution in [0.25, 0.3) is 0 Å². The molecule has 4 nitrogen and oxygen atoms in total. The third-order valence-electron chi connectivity index (χ3n) is 4.81. The minimum Gasteiger partial charge on any atom is -0.473 e. The molecule has 2 unspecified atom stereocenters. The van der Waals surface area contributed by atoms with Gasteiger partial charge in [-0.25, -0.2) is 13.8 Å². The number of piperidine rings is 1. The standard InChI is InChI=1S/C18H15F2N3O/c19-14-3-4-16(23-18(14)17-12-7-22-8-13(12)17)24-9-11-2-1-10(6-21)5-15(11)20/h1-5,12-13,17,22H,7-9H2. The molecule has 0 spiro atoms. The SMILES string of the molecule is N#Cc1ccc(COc2ccc(F)c(C3C4CNCC43)n2)c(F)c1. The molecule has 2 heterocycles. The fourth-order valence-electron chi connectivity index (χ4n) is 3.46. The number of aromatic nitrogens is 1. The van der Waals surface area contributed by atoms with E-state index in [1.165, 1.54) is 30.3 Å². The van der Waals surface area contributed by atoms with Crippen molar-refractivity contribution < 1.29 is 13.5 Å². The molecule has 122 valence electrons. The van der Waals surface area contributed by atoms with Gasteiger partial charge in [-0.2, -0.15) is 5.26 Å². The van der Waals surface area contributed by atoms with E-state index in [0.717, 1.165) is 13.1 Å². The average molecular weight is 327 g/mol. The minimum atomic E-state index is -0.501. The maximum Gasteiger partial charge on any atom is 0.213 e. The third-order valence-corrected chi connectivity index (χ3v) is 4.81. The Hall–Kier alpha value is -2.52. The summed E-state index contributed by atoms with van der Waals surface area (Å²) < 4.78 is 33.4. The number of nitrogens with one attached hydrogen (secondary N) is 1. The second kappa shape index (κ2) is 5.84. The van der Waals surface area contributed by atoms with E-state index in [0.29, 0.717) is 23.1 Å². The smallest absolute Gasteiger partial charge is 0.213 e. The molecule has 1 aromatic carbocycles. The van der Waals surface area contributed by atoms with Crippen molar-refractivity contribution in [2.24, 2.45) is 11.8 Å². The lowest BCUT2D eigenvalue weighted by Crippen LogP contribution is -2.15. The summed E-state index contributed by atoms with van der Waals surface area (Å²) in [4.78, 5) is 4.30. The van der Waals surface area contributed by atoms with Gasteiger partial charge >= 0.3 is 0 Å². The number of fused-ring (bicyclic) bond motifs is 1. The zero-order chi connectivity index (χ0) is 16.7. The van der Waals surface area contributed by atoms with Gasteiger partial charge in [-0.1, -0.05) is 6.07 Å². The summed E-state index contributed by atoms with van der Waals surface area (Å²) in [7, 11) is 0. The van der Waals surface area contributed by atoms with Gasteiger partial charge in [0.05, 0.1) is 17.3 Å². The van der Waals surface area contributed by atoms with Crippen LogP contribution in [0.15, 0.2) is 30.3 Å². The van der Waals surface area contributed by atoms with Crippen LogP contribution in [-0.4, -0.2) is 18.1 Å². The molecule has 2 aliphatic rings. The zero-order valence-corrected chi connectivity index (χ0v) is 12.8. The second-order valence-corrected chi connectivity index (χ2v) is 6.23. The van der Waals surface area contributed by atoms with Crippen molar-refractivity contribution in [3.63, 3.8) is 0 Å². The van der Waals surface area contributed by atoms with E-state index in [9.17, 15) is 8.78 Å². The molecular weight excluding hydrogens is 312 g/mol.